The molecule has 0 radical (unpaired) electrons. The van der Waals surface area contributed by atoms with Crippen molar-refractivity contribution in [2.24, 2.45) is 0 Å². The van der Waals surface area contributed by atoms with Crippen LogP contribution in [0, 0.1) is 17.0 Å². The third-order valence-electron chi connectivity index (χ3n) is 4.53. The van der Waals surface area contributed by atoms with Gasteiger partial charge in [0, 0.05) is 36.9 Å². The molecule has 1 fully saturated rings. The predicted octanol–water partition coefficient (Wildman–Crippen LogP) is 3.37. The van der Waals surface area contributed by atoms with Gasteiger partial charge in [0.25, 0.3) is 0 Å². The molecule has 0 aliphatic carbocycles. The standard InChI is InChI=1S/C18H21ClN6O4/c1-3-29-18(26)24-8-6-23(7-9-24)17-15(25(27)28)16(20-11-21-17)22-14-5-4-13(19)10-12(14)2/h4-5,10-11H,3,6-9H2,1-2H3,(H,20,21,22). The van der Waals surface area contributed by atoms with E-state index < -0.39 is 4.92 Å². The fourth-order valence-corrected chi connectivity index (χ4v) is 3.30. The first-order chi connectivity index (χ1) is 13.9. The second kappa shape index (κ2) is 8.91. The summed E-state index contributed by atoms with van der Waals surface area (Å²) < 4.78 is 5.00. The number of amides is 1. The molecule has 1 N–H and O–H groups in total. The number of carbonyl (C=O) groups excluding carboxylic acids is 1. The lowest BCUT2D eigenvalue weighted by molar-refractivity contribution is -0.383. The van der Waals surface area contributed by atoms with Crippen LogP contribution < -0.4 is 10.2 Å². The van der Waals surface area contributed by atoms with Crippen molar-refractivity contribution in [2.45, 2.75) is 13.8 Å². The number of nitrogens with zero attached hydrogens (tertiary/aromatic N) is 5. The molecule has 1 aliphatic rings. The third kappa shape index (κ3) is 4.65. The zero-order valence-corrected chi connectivity index (χ0v) is 16.8. The number of piperazine rings is 1. The van der Waals surface area contributed by atoms with Gasteiger partial charge in [-0.1, -0.05) is 11.6 Å². The Morgan fingerprint density at radius 1 is 1.31 bits per heavy atom. The minimum atomic E-state index is -0.499. The maximum absolute atomic E-state index is 11.9. The second-order valence-corrected chi connectivity index (χ2v) is 6.85. The number of anilines is 3. The number of aryl methyl sites for hydroxylation is 1. The largest absolute Gasteiger partial charge is 0.450 e. The molecule has 10 nitrogen and oxygen atoms in total. The lowest BCUT2D eigenvalue weighted by atomic mass is 10.2. The third-order valence-corrected chi connectivity index (χ3v) is 4.77. The topological polar surface area (TPSA) is 114 Å². The van der Waals surface area contributed by atoms with Crippen LogP contribution in [-0.4, -0.2) is 58.7 Å². The first-order valence-electron chi connectivity index (χ1n) is 9.10. The molecule has 0 unspecified atom stereocenters. The molecule has 0 bridgehead atoms. The molecule has 0 atom stereocenters. The molecular formula is C18H21ClN6O4. The van der Waals surface area contributed by atoms with Gasteiger partial charge in [-0.05, 0) is 37.6 Å². The molecule has 1 saturated heterocycles. The van der Waals surface area contributed by atoms with Gasteiger partial charge in [0.2, 0.25) is 11.6 Å². The number of nitro groups is 1. The van der Waals surface area contributed by atoms with Crippen LogP contribution in [0.3, 0.4) is 0 Å². The second-order valence-electron chi connectivity index (χ2n) is 6.41. The van der Waals surface area contributed by atoms with Gasteiger partial charge in [0.15, 0.2) is 0 Å². The molecule has 2 aromatic rings. The monoisotopic (exact) mass is 420 g/mol. The van der Waals surface area contributed by atoms with Gasteiger partial charge in [-0.25, -0.2) is 14.8 Å². The van der Waals surface area contributed by atoms with Crippen LogP contribution in [0.1, 0.15) is 12.5 Å². The van der Waals surface area contributed by atoms with Crippen LogP contribution in [0.4, 0.5) is 27.8 Å². The van der Waals surface area contributed by atoms with Gasteiger partial charge in [-0.15, -0.1) is 0 Å². The normalized spacial score (nSPS) is 13.9. The van der Waals surface area contributed by atoms with Crippen molar-refractivity contribution in [1.82, 2.24) is 14.9 Å². The summed E-state index contributed by atoms with van der Waals surface area (Å²) in [5.41, 5.74) is 1.27. The van der Waals surface area contributed by atoms with Gasteiger partial charge in [0.1, 0.15) is 6.33 Å². The lowest BCUT2D eigenvalue weighted by Gasteiger charge is -2.34. The maximum Gasteiger partial charge on any atom is 0.409 e. The molecule has 1 amide bonds. The van der Waals surface area contributed by atoms with Crippen LogP contribution in [0.15, 0.2) is 24.5 Å². The molecule has 154 valence electrons. The predicted molar refractivity (Wildman–Crippen MR) is 109 cm³/mol. The zero-order valence-electron chi connectivity index (χ0n) is 16.1. The van der Waals surface area contributed by atoms with Gasteiger partial charge < -0.3 is 19.9 Å². The van der Waals surface area contributed by atoms with E-state index in [1.54, 1.807) is 34.9 Å². The summed E-state index contributed by atoms with van der Waals surface area (Å²) in [6, 6.07) is 5.19. The Morgan fingerprint density at radius 2 is 2.03 bits per heavy atom. The molecule has 0 spiro atoms. The number of rotatable bonds is 5. The summed E-state index contributed by atoms with van der Waals surface area (Å²) >= 11 is 5.98. The van der Waals surface area contributed by atoms with E-state index in [9.17, 15) is 14.9 Å². The fraction of sp³-hybridized carbons (Fsp3) is 0.389. The minimum absolute atomic E-state index is 0.0956. The number of hydrogen-bond acceptors (Lipinski definition) is 8. The molecule has 1 aromatic carbocycles. The van der Waals surface area contributed by atoms with Crippen molar-refractivity contribution in [3.8, 4) is 0 Å². The Morgan fingerprint density at radius 3 is 2.66 bits per heavy atom. The maximum atomic E-state index is 11.9. The summed E-state index contributed by atoms with van der Waals surface area (Å²) in [5.74, 6) is 0.306. The van der Waals surface area contributed by atoms with Crippen LogP contribution in [0.5, 0.6) is 0 Å². The summed E-state index contributed by atoms with van der Waals surface area (Å²) in [6.45, 7) is 5.46. The number of nitrogens with one attached hydrogen (secondary N) is 1. The summed E-state index contributed by atoms with van der Waals surface area (Å²) in [5, 5.41) is 15.4. The van der Waals surface area contributed by atoms with Crippen molar-refractivity contribution in [1.29, 1.82) is 0 Å². The molecule has 11 heteroatoms. The SMILES string of the molecule is CCOC(=O)N1CCN(c2ncnc(Nc3ccc(Cl)cc3C)c2[N+](=O)[O-])CC1. The number of halogens is 1. The number of ether oxygens (including phenoxy) is 1. The Balaban J connectivity index is 1.84. The van der Waals surface area contributed by atoms with Gasteiger partial charge in [0.05, 0.1) is 11.5 Å². The van der Waals surface area contributed by atoms with Crippen LogP contribution in [0.25, 0.3) is 0 Å². The number of benzene rings is 1. The van der Waals surface area contributed by atoms with E-state index in [1.807, 2.05) is 6.92 Å². The Hall–Kier alpha value is -3.14. The Bertz CT molecular complexity index is 917. The van der Waals surface area contributed by atoms with Crippen LogP contribution in [-0.2, 0) is 4.74 Å². The molecule has 0 saturated carbocycles. The van der Waals surface area contributed by atoms with E-state index in [2.05, 4.69) is 15.3 Å². The smallest absolute Gasteiger partial charge is 0.409 e. The highest BCUT2D eigenvalue weighted by atomic mass is 35.5. The molecule has 2 heterocycles. The average molecular weight is 421 g/mol. The summed E-state index contributed by atoms with van der Waals surface area (Å²) in [7, 11) is 0. The van der Waals surface area contributed by atoms with Crippen molar-refractivity contribution in [2.75, 3.05) is 43.0 Å². The Kier molecular flexibility index (Phi) is 6.32. The van der Waals surface area contributed by atoms with E-state index in [0.717, 1.165) is 5.56 Å². The van der Waals surface area contributed by atoms with E-state index in [0.29, 0.717) is 43.5 Å². The highest BCUT2D eigenvalue weighted by molar-refractivity contribution is 6.30. The number of hydrogen-bond donors (Lipinski definition) is 1. The van der Waals surface area contributed by atoms with Crippen molar-refractivity contribution < 1.29 is 14.5 Å². The van der Waals surface area contributed by atoms with Crippen molar-refractivity contribution >= 4 is 40.7 Å². The van der Waals surface area contributed by atoms with Crippen molar-refractivity contribution in [3.05, 3.63) is 45.2 Å². The summed E-state index contributed by atoms with van der Waals surface area (Å²) in [6.07, 6.45) is 0.901. The lowest BCUT2D eigenvalue weighted by Crippen LogP contribution is -2.49. The highest BCUT2D eigenvalue weighted by Crippen LogP contribution is 2.35. The van der Waals surface area contributed by atoms with Gasteiger partial charge in [-0.3, -0.25) is 10.1 Å². The van der Waals surface area contributed by atoms with Gasteiger partial charge >= 0.3 is 11.8 Å². The molecule has 3 rings (SSSR count). The summed E-state index contributed by atoms with van der Waals surface area (Å²) in [4.78, 5) is 34.8. The van der Waals surface area contributed by atoms with E-state index in [1.165, 1.54) is 6.33 Å². The minimum Gasteiger partial charge on any atom is -0.450 e. The van der Waals surface area contributed by atoms with Crippen LogP contribution in [0.2, 0.25) is 5.02 Å². The van der Waals surface area contributed by atoms with Gasteiger partial charge in [-0.2, -0.15) is 0 Å². The van der Waals surface area contributed by atoms with E-state index in [-0.39, 0.29) is 23.4 Å². The van der Waals surface area contributed by atoms with E-state index >= 15 is 0 Å². The van der Waals surface area contributed by atoms with Crippen molar-refractivity contribution in [3.63, 3.8) is 0 Å². The zero-order chi connectivity index (χ0) is 21.0. The number of aromatic nitrogens is 2. The van der Waals surface area contributed by atoms with E-state index in [4.69, 9.17) is 16.3 Å². The quantitative estimate of drug-likeness (QED) is 0.578. The molecule has 1 aliphatic heterocycles. The first kappa shape index (κ1) is 20.6. The number of carbonyl (C=O) groups is 1. The highest BCUT2D eigenvalue weighted by Gasteiger charge is 2.30. The molecular weight excluding hydrogens is 400 g/mol. The molecule has 29 heavy (non-hydrogen) atoms. The first-order valence-corrected chi connectivity index (χ1v) is 9.47. The average Bonchev–Trinajstić information content (AvgIpc) is 2.70. The molecule has 1 aromatic heterocycles. The Labute approximate surface area is 172 Å². The van der Waals surface area contributed by atoms with Crippen LogP contribution >= 0.6 is 11.6 Å². The fourth-order valence-electron chi connectivity index (χ4n) is 3.07.